The van der Waals surface area contributed by atoms with E-state index >= 15 is 0 Å². The molecular weight excluding hydrogens is 400 g/mol. The number of sulfonamides is 1. The minimum atomic E-state index is -3.20. The number of nitrogens with zero attached hydrogens (tertiary/aromatic N) is 3. The summed E-state index contributed by atoms with van der Waals surface area (Å²) in [6.45, 7) is 4.54. The van der Waals surface area contributed by atoms with Crippen molar-refractivity contribution < 1.29 is 13.2 Å². The SMILES string of the molecule is CCCS(=O)(=O)N1CCN(C2(CNC(=O)c3ccccc3)CCCC(C#N)C2)CC1. The molecule has 1 N–H and O–H groups in total. The van der Waals surface area contributed by atoms with Gasteiger partial charge in [0, 0.05) is 49.7 Å². The van der Waals surface area contributed by atoms with Gasteiger partial charge in [-0.25, -0.2) is 8.42 Å². The second-order valence-electron chi connectivity index (χ2n) is 8.40. The van der Waals surface area contributed by atoms with Gasteiger partial charge in [-0.15, -0.1) is 0 Å². The molecule has 0 radical (unpaired) electrons. The van der Waals surface area contributed by atoms with Crippen LogP contribution in [0.4, 0.5) is 0 Å². The fourth-order valence-corrected chi connectivity index (χ4v) is 6.27. The van der Waals surface area contributed by atoms with Crippen LogP contribution in [0.25, 0.3) is 0 Å². The lowest BCUT2D eigenvalue weighted by Crippen LogP contribution is -2.63. The molecule has 1 heterocycles. The zero-order valence-corrected chi connectivity index (χ0v) is 18.5. The van der Waals surface area contributed by atoms with Gasteiger partial charge in [-0.2, -0.15) is 9.57 Å². The van der Waals surface area contributed by atoms with E-state index < -0.39 is 10.0 Å². The number of rotatable bonds is 7. The predicted molar refractivity (Wildman–Crippen MR) is 116 cm³/mol. The lowest BCUT2D eigenvalue weighted by Gasteiger charge is -2.50. The molecule has 30 heavy (non-hydrogen) atoms. The maximum Gasteiger partial charge on any atom is 0.251 e. The number of hydrogen-bond acceptors (Lipinski definition) is 5. The first-order valence-corrected chi connectivity index (χ1v) is 12.5. The van der Waals surface area contributed by atoms with Gasteiger partial charge in [-0.1, -0.05) is 31.5 Å². The molecular formula is C22H32N4O3S. The van der Waals surface area contributed by atoms with Crippen LogP contribution in [0, 0.1) is 17.2 Å². The number of hydrogen-bond donors (Lipinski definition) is 1. The molecule has 164 valence electrons. The maximum absolute atomic E-state index is 12.6. The molecule has 0 bridgehead atoms. The first-order valence-electron chi connectivity index (χ1n) is 10.9. The normalized spacial score (nSPS) is 26.1. The number of nitriles is 1. The molecule has 1 aliphatic heterocycles. The van der Waals surface area contributed by atoms with Crippen LogP contribution >= 0.6 is 0 Å². The molecule has 1 saturated carbocycles. The molecule has 3 rings (SSSR count). The average molecular weight is 433 g/mol. The summed E-state index contributed by atoms with van der Waals surface area (Å²) in [5.74, 6) is 0.0364. The largest absolute Gasteiger partial charge is 0.350 e. The Labute approximate surface area is 180 Å². The Bertz CT molecular complexity index is 860. The van der Waals surface area contributed by atoms with Crippen LogP contribution in [-0.2, 0) is 10.0 Å². The highest BCUT2D eigenvalue weighted by molar-refractivity contribution is 7.89. The van der Waals surface area contributed by atoms with Gasteiger partial charge in [-0.05, 0) is 37.8 Å². The third kappa shape index (κ3) is 5.20. The van der Waals surface area contributed by atoms with E-state index in [9.17, 15) is 18.5 Å². The van der Waals surface area contributed by atoms with E-state index in [4.69, 9.17) is 0 Å². The van der Waals surface area contributed by atoms with Gasteiger partial charge in [0.15, 0.2) is 0 Å². The van der Waals surface area contributed by atoms with Gasteiger partial charge in [0.05, 0.1) is 11.8 Å². The molecule has 1 aliphatic carbocycles. The second-order valence-corrected chi connectivity index (χ2v) is 10.5. The number of carbonyl (C=O) groups excluding carboxylic acids is 1. The van der Waals surface area contributed by atoms with Crippen LogP contribution in [0.3, 0.4) is 0 Å². The fraction of sp³-hybridized carbons (Fsp3) is 0.636. The van der Waals surface area contributed by atoms with Crippen molar-refractivity contribution >= 4 is 15.9 Å². The number of nitrogens with one attached hydrogen (secondary N) is 1. The molecule has 2 aliphatic rings. The molecule has 1 aromatic rings. The van der Waals surface area contributed by atoms with Crippen molar-refractivity contribution in [2.24, 2.45) is 5.92 Å². The Morgan fingerprint density at radius 2 is 1.93 bits per heavy atom. The van der Waals surface area contributed by atoms with Crippen molar-refractivity contribution in [1.82, 2.24) is 14.5 Å². The average Bonchev–Trinajstić information content (AvgIpc) is 2.78. The highest BCUT2D eigenvalue weighted by Crippen LogP contribution is 2.37. The first kappa shape index (κ1) is 22.7. The molecule has 0 aromatic heterocycles. The van der Waals surface area contributed by atoms with E-state index in [0.29, 0.717) is 51.1 Å². The standard InChI is InChI=1S/C22H32N4O3S/c1-2-15-30(28,29)26-13-11-25(12-14-26)22(10-6-7-19(16-22)17-23)18-24-21(27)20-8-4-3-5-9-20/h3-5,8-9,19H,2,6-7,10-16,18H2,1H3,(H,24,27). The lowest BCUT2D eigenvalue weighted by atomic mass is 9.74. The number of benzene rings is 1. The Balaban J connectivity index is 1.71. The summed E-state index contributed by atoms with van der Waals surface area (Å²) in [5.41, 5.74) is 0.319. The summed E-state index contributed by atoms with van der Waals surface area (Å²) in [5, 5.41) is 12.6. The lowest BCUT2D eigenvalue weighted by molar-refractivity contribution is 0.0152. The summed E-state index contributed by atoms with van der Waals surface area (Å²) < 4.78 is 26.4. The monoisotopic (exact) mass is 432 g/mol. The summed E-state index contributed by atoms with van der Waals surface area (Å²) >= 11 is 0. The zero-order chi connectivity index (χ0) is 21.6. The van der Waals surface area contributed by atoms with Crippen molar-refractivity contribution in [3.63, 3.8) is 0 Å². The van der Waals surface area contributed by atoms with Crippen molar-refractivity contribution in [3.05, 3.63) is 35.9 Å². The van der Waals surface area contributed by atoms with Gasteiger partial charge in [-0.3, -0.25) is 9.69 Å². The minimum Gasteiger partial charge on any atom is -0.350 e. The predicted octanol–water partition coefficient (Wildman–Crippen LogP) is 2.23. The van der Waals surface area contributed by atoms with Gasteiger partial charge >= 0.3 is 0 Å². The van der Waals surface area contributed by atoms with Crippen molar-refractivity contribution in [2.45, 2.75) is 44.6 Å². The summed E-state index contributed by atoms with van der Waals surface area (Å²) in [7, 11) is -3.20. The van der Waals surface area contributed by atoms with E-state index in [-0.39, 0.29) is 23.1 Å². The fourth-order valence-electron chi connectivity index (χ4n) is 4.77. The minimum absolute atomic E-state index is 0.0331. The Hall–Kier alpha value is -1.95. The van der Waals surface area contributed by atoms with E-state index in [0.717, 1.165) is 19.3 Å². The summed E-state index contributed by atoms with van der Waals surface area (Å²) in [6.07, 6.45) is 4.05. The van der Waals surface area contributed by atoms with Crippen molar-refractivity contribution in [3.8, 4) is 6.07 Å². The third-order valence-electron chi connectivity index (χ3n) is 6.38. The number of carbonyl (C=O) groups is 1. The quantitative estimate of drug-likeness (QED) is 0.713. The summed E-state index contributed by atoms with van der Waals surface area (Å²) in [4.78, 5) is 15.0. The molecule has 7 nitrogen and oxygen atoms in total. The Morgan fingerprint density at radius 1 is 1.23 bits per heavy atom. The van der Waals surface area contributed by atoms with Gasteiger partial charge in [0.25, 0.3) is 5.91 Å². The van der Waals surface area contributed by atoms with E-state index in [2.05, 4.69) is 16.3 Å². The molecule has 2 fully saturated rings. The van der Waals surface area contributed by atoms with Crippen LogP contribution < -0.4 is 5.32 Å². The van der Waals surface area contributed by atoms with Gasteiger partial charge in [0.2, 0.25) is 10.0 Å². The Morgan fingerprint density at radius 3 is 2.57 bits per heavy atom. The number of piperazine rings is 1. The smallest absolute Gasteiger partial charge is 0.251 e. The second kappa shape index (κ2) is 9.90. The highest BCUT2D eigenvalue weighted by Gasteiger charge is 2.43. The molecule has 1 amide bonds. The molecule has 2 unspecified atom stereocenters. The van der Waals surface area contributed by atoms with Crippen LogP contribution in [0.2, 0.25) is 0 Å². The highest BCUT2D eigenvalue weighted by atomic mass is 32.2. The van der Waals surface area contributed by atoms with Crippen molar-refractivity contribution in [2.75, 3.05) is 38.5 Å². The molecule has 8 heteroatoms. The Kier molecular flexibility index (Phi) is 7.50. The van der Waals surface area contributed by atoms with Crippen LogP contribution in [0.1, 0.15) is 49.4 Å². The van der Waals surface area contributed by atoms with Crippen molar-refractivity contribution in [1.29, 1.82) is 5.26 Å². The van der Waals surface area contributed by atoms with Crippen LogP contribution in [0.5, 0.6) is 0 Å². The summed E-state index contributed by atoms with van der Waals surface area (Å²) in [6, 6.07) is 11.6. The molecule has 2 atom stereocenters. The topological polar surface area (TPSA) is 93.5 Å². The third-order valence-corrected chi connectivity index (χ3v) is 8.46. The van der Waals surface area contributed by atoms with E-state index in [1.54, 1.807) is 16.4 Å². The van der Waals surface area contributed by atoms with E-state index in [1.165, 1.54) is 0 Å². The van der Waals surface area contributed by atoms with Gasteiger partial charge in [0.1, 0.15) is 0 Å². The van der Waals surface area contributed by atoms with Gasteiger partial charge < -0.3 is 5.32 Å². The van der Waals surface area contributed by atoms with Crippen LogP contribution in [0.15, 0.2) is 30.3 Å². The first-order chi connectivity index (χ1) is 14.4. The molecule has 1 aromatic carbocycles. The molecule has 1 saturated heterocycles. The number of amides is 1. The zero-order valence-electron chi connectivity index (χ0n) is 17.7. The molecule has 0 spiro atoms. The van der Waals surface area contributed by atoms with E-state index in [1.807, 2.05) is 25.1 Å². The van der Waals surface area contributed by atoms with Crippen LogP contribution in [-0.4, -0.2) is 67.5 Å². The maximum atomic E-state index is 12.6.